The minimum absolute atomic E-state index is 0.0443. The molecule has 1 aromatic heterocycles. The molecule has 0 spiro atoms. The van der Waals surface area contributed by atoms with Crippen LogP contribution in [-0.4, -0.2) is 74.8 Å². The number of esters is 1. The quantitative estimate of drug-likeness (QED) is 0.194. The fraction of sp³-hybridized carbons (Fsp3) is 0.375. The first-order valence-electron chi connectivity index (χ1n) is 8.67. The number of amides is 2. The van der Waals surface area contributed by atoms with E-state index in [-0.39, 0.29) is 34.5 Å². The minimum atomic E-state index is -3.30. The van der Waals surface area contributed by atoms with E-state index >= 15 is 0 Å². The van der Waals surface area contributed by atoms with Crippen LogP contribution in [0.4, 0.5) is 13.9 Å². The number of rotatable bonds is 8. The number of oxime groups is 1. The minimum Gasteiger partial charge on any atom is -0.477 e. The lowest BCUT2D eigenvalue weighted by atomic mass is 10.0. The number of thioether (sulfide) groups is 1. The Balaban J connectivity index is 1.78. The monoisotopic (exact) mass is 491 g/mol. The van der Waals surface area contributed by atoms with E-state index in [1.807, 2.05) is 0 Å². The summed E-state index contributed by atoms with van der Waals surface area (Å²) in [6.45, 7) is -2.44. The van der Waals surface area contributed by atoms with Crippen molar-refractivity contribution >= 4 is 57.7 Å². The Morgan fingerprint density at radius 1 is 1.47 bits per heavy atom. The van der Waals surface area contributed by atoms with Crippen molar-refractivity contribution in [2.45, 2.75) is 25.0 Å². The standard InChI is InChI=1S/C16H15F2N5O7S2/c1-5(24)29-2-6-3-31-13-9(12(26)23(13)10(6)14(27)28)21-11(25)8(22-30-15(17)18)7-4-32-16(19)20-7/h4,9,13,15H,2-3H2,1H3,(H2,19,20)(H,21,25)(H,27,28)/t9-,13+/m0/s1. The van der Waals surface area contributed by atoms with Gasteiger partial charge in [-0.05, 0) is 0 Å². The van der Waals surface area contributed by atoms with Crippen molar-refractivity contribution < 1.29 is 42.6 Å². The number of carbonyl (C=O) groups excluding carboxylic acids is 3. The number of nitrogens with two attached hydrogens (primary N) is 1. The van der Waals surface area contributed by atoms with Crippen molar-refractivity contribution in [3.05, 3.63) is 22.3 Å². The van der Waals surface area contributed by atoms with Gasteiger partial charge in [0.25, 0.3) is 11.8 Å². The Morgan fingerprint density at radius 2 is 2.19 bits per heavy atom. The normalized spacial score (nSPS) is 20.6. The van der Waals surface area contributed by atoms with E-state index in [0.717, 1.165) is 34.9 Å². The SMILES string of the molecule is CC(=O)OCC1=C(C(=O)O)N2C(=O)[C@H](NC(=O)C(=NOC(F)F)c3csc(N)n3)[C@H]2SC1. The van der Waals surface area contributed by atoms with Crippen molar-refractivity contribution in [3.8, 4) is 0 Å². The molecule has 1 saturated heterocycles. The summed E-state index contributed by atoms with van der Waals surface area (Å²) in [7, 11) is 0. The number of carboxylic acids is 1. The van der Waals surface area contributed by atoms with E-state index in [1.165, 1.54) is 5.38 Å². The highest BCUT2D eigenvalue weighted by Crippen LogP contribution is 2.40. The molecule has 0 unspecified atom stereocenters. The summed E-state index contributed by atoms with van der Waals surface area (Å²) in [6, 6.07) is -1.16. The molecule has 0 aliphatic carbocycles. The highest BCUT2D eigenvalue weighted by Gasteiger charge is 2.54. The van der Waals surface area contributed by atoms with Crippen LogP contribution in [0.1, 0.15) is 12.6 Å². The van der Waals surface area contributed by atoms with Crippen LogP contribution in [0, 0.1) is 0 Å². The van der Waals surface area contributed by atoms with Crippen LogP contribution in [0.25, 0.3) is 0 Å². The van der Waals surface area contributed by atoms with Crippen LogP contribution in [0.5, 0.6) is 0 Å². The number of aromatic nitrogens is 1. The molecule has 1 aromatic rings. The number of fused-ring (bicyclic) bond motifs is 1. The van der Waals surface area contributed by atoms with Gasteiger partial charge in [-0.2, -0.15) is 8.78 Å². The Kier molecular flexibility index (Phi) is 6.93. The maximum absolute atomic E-state index is 12.6. The van der Waals surface area contributed by atoms with Crippen molar-refractivity contribution in [1.82, 2.24) is 15.2 Å². The number of hydrogen-bond donors (Lipinski definition) is 3. The second kappa shape index (κ2) is 9.47. The van der Waals surface area contributed by atoms with Crippen molar-refractivity contribution in [1.29, 1.82) is 0 Å². The first-order valence-corrected chi connectivity index (χ1v) is 10.6. The lowest BCUT2D eigenvalue weighted by Gasteiger charge is -2.49. The number of ether oxygens (including phenoxy) is 1. The average molecular weight is 491 g/mol. The number of nitrogens with one attached hydrogen (secondary N) is 1. The molecular formula is C16H15F2N5O7S2. The molecule has 2 aliphatic rings. The molecular weight excluding hydrogens is 476 g/mol. The van der Waals surface area contributed by atoms with Gasteiger partial charge >= 0.3 is 18.6 Å². The molecule has 2 atom stereocenters. The lowest BCUT2D eigenvalue weighted by molar-refractivity contribution is -0.150. The Bertz CT molecular complexity index is 1030. The number of halogens is 2. The number of β-lactam (4-membered cyclic amide) rings is 1. The van der Waals surface area contributed by atoms with Gasteiger partial charge in [0.15, 0.2) is 10.8 Å². The Morgan fingerprint density at radius 3 is 2.75 bits per heavy atom. The molecule has 172 valence electrons. The number of carboxylic acid groups (broad SMARTS) is 1. The fourth-order valence-corrected chi connectivity index (χ4v) is 4.76. The van der Waals surface area contributed by atoms with Crippen LogP contribution in [0.15, 0.2) is 21.8 Å². The number of carbonyl (C=O) groups is 4. The number of nitrogens with zero attached hydrogens (tertiary/aromatic N) is 3. The van der Waals surface area contributed by atoms with Crippen LogP contribution >= 0.6 is 23.1 Å². The first-order chi connectivity index (χ1) is 15.1. The van der Waals surface area contributed by atoms with Gasteiger partial charge in [-0.15, -0.1) is 23.1 Å². The summed E-state index contributed by atoms with van der Waals surface area (Å²) in [4.78, 5) is 56.6. The molecule has 16 heteroatoms. The lowest BCUT2D eigenvalue weighted by Crippen LogP contribution is -2.71. The molecule has 3 rings (SSSR count). The summed E-state index contributed by atoms with van der Waals surface area (Å²) in [5.74, 6) is -3.69. The molecule has 0 aromatic carbocycles. The molecule has 0 radical (unpaired) electrons. The third-order valence-electron chi connectivity index (χ3n) is 4.19. The van der Waals surface area contributed by atoms with Crippen molar-refractivity contribution in [2.24, 2.45) is 5.16 Å². The van der Waals surface area contributed by atoms with Gasteiger partial charge in [0, 0.05) is 23.6 Å². The molecule has 2 amide bonds. The van der Waals surface area contributed by atoms with E-state index in [1.54, 1.807) is 0 Å². The van der Waals surface area contributed by atoms with Gasteiger partial charge < -0.3 is 25.7 Å². The van der Waals surface area contributed by atoms with E-state index in [2.05, 4.69) is 20.3 Å². The van der Waals surface area contributed by atoms with Crippen molar-refractivity contribution in [2.75, 3.05) is 18.1 Å². The van der Waals surface area contributed by atoms with E-state index in [4.69, 9.17) is 10.5 Å². The first kappa shape index (κ1) is 23.4. The molecule has 0 saturated carbocycles. The maximum Gasteiger partial charge on any atom is 0.407 e. The third kappa shape index (κ3) is 4.80. The van der Waals surface area contributed by atoms with Gasteiger partial charge in [-0.3, -0.25) is 19.3 Å². The summed E-state index contributed by atoms with van der Waals surface area (Å²) in [6.07, 6.45) is 0. The van der Waals surface area contributed by atoms with Gasteiger partial charge in [0.2, 0.25) is 0 Å². The second-order valence-corrected chi connectivity index (χ2v) is 8.27. The molecule has 3 heterocycles. The zero-order chi connectivity index (χ0) is 23.6. The summed E-state index contributed by atoms with van der Waals surface area (Å²) >= 11 is 2.06. The second-order valence-electron chi connectivity index (χ2n) is 6.28. The zero-order valence-corrected chi connectivity index (χ0v) is 17.7. The van der Waals surface area contributed by atoms with Crippen molar-refractivity contribution in [3.63, 3.8) is 0 Å². The summed E-state index contributed by atoms with van der Waals surface area (Å²) in [5, 5.41) is 15.5. The van der Waals surface area contributed by atoms with E-state index in [9.17, 15) is 33.1 Å². The van der Waals surface area contributed by atoms with Crippen LogP contribution in [0.2, 0.25) is 0 Å². The number of thiazole rings is 1. The van der Waals surface area contributed by atoms with Gasteiger partial charge in [-0.1, -0.05) is 5.16 Å². The third-order valence-corrected chi connectivity index (χ3v) is 6.20. The van der Waals surface area contributed by atoms with E-state index in [0.29, 0.717) is 0 Å². The van der Waals surface area contributed by atoms with Gasteiger partial charge in [0.1, 0.15) is 29.4 Å². The Labute approximate surface area is 186 Å². The largest absolute Gasteiger partial charge is 0.477 e. The fourth-order valence-electron chi connectivity index (χ4n) is 2.89. The molecule has 1 fully saturated rings. The predicted octanol–water partition coefficient (Wildman–Crippen LogP) is -0.0297. The molecule has 0 bridgehead atoms. The molecule has 12 nitrogen and oxygen atoms in total. The highest BCUT2D eigenvalue weighted by molar-refractivity contribution is 8.00. The number of hydrogen-bond acceptors (Lipinski definition) is 11. The van der Waals surface area contributed by atoms with Gasteiger partial charge in [-0.25, -0.2) is 9.78 Å². The van der Waals surface area contributed by atoms with Crippen LogP contribution in [0.3, 0.4) is 0 Å². The average Bonchev–Trinajstić information content (AvgIpc) is 3.15. The Hall–Kier alpha value is -3.27. The number of anilines is 1. The predicted molar refractivity (Wildman–Crippen MR) is 106 cm³/mol. The van der Waals surface area contributed by atoms with E-state index < -0.39 is 47.5 Å². The van der Waals surface area contributed by atoms with Crippen LogP contribution < -0.4 is 11.1 Å². The topological polar surface area (TPSA) is 174 Å². The number of aliphatic carboxylic acids is 1. The summed E-state index contributed by atoms with van der Waals surface area (Å²) < 4.78 is 29.7. The smallest absolute Gasteiger partial charge is 0.407 e. The molecule has 32 heavy (non-hydrogen) atoms. The number of alkyl halides is 2. The van der Waals surface area contributed by atoms with Crippen LogP contribution in [-0.2, 0) is 28.8 Å². The maximum atomic E-state index is 12.6. The molecule has 2 aliphatic heterocycles. The summed E-state index contributed by atoms with van der Waals surface area (Å²) in [5.41, 5.74) is 4.61. The molecule has 4 N–H and O–H groups in total. The highest BCUT2D eigenvalue weighted by atomic mass is 32.2. The van der Waals surface area contributed by atoms with Gasteiger partial charge in [0.05, 0.1) is 0 Å². The zero-order valence-electron chi connectivity index (χ0n) is 16.1. The number of nitrogen functional groups attached to an aromatic ring is 1.